The van der Waals surface area contributed by atoms with Crippen molar-refractivity contribution in [2.75, 3.05) is 13.2 Å². The van der Waals surface area contributed by atoms with Crippen molar-refractivity contribution in [2.24, 2.45) is 0 Å². The number of carbonyl (C=O) groups is 2. The van der Waals surface area contributed by atoms with Crippen molar-refractivity contribution in [1.82, 2.24) is 5.32 Å². The number of halogens is 2. The fourth-order valence-electron chi connectivity index (χ4n) is 3.03. The van der Waals surface area contributed by atoms with Crippen molar-refractivity contribution < 1.29 is 23.9 Å². The van der Waals surface area contributed by atoms with Crippen LogP contribution < -0.4 is 10.1 Å². The number of carbonyl (C=O) groups excluding carboxylic acids is 2. The summed E-state index contributed by atoms with van der Waals surface area (Å²) >= 11 is 9.80. The Morgan fingerprint density at radius 3 is 2.41 bits per heavy atom. The van der Waals surface area contributed by atoms with Gasteiger partial charge in [0.25, 0.3) is 0 Å². The van der Waals surface area contributed by atoms with Crippen LogP contribution in [0.4, 0.5) is 0 Å². The van der Waals surface area contributed by atoms with Gasteiger partial charge in [0, 0.05) is 22.3 Å². The summed E-state index contributed by atoms with van der Waals surface area (Å²) < 4.78 is 11.3. The third-order valence-corrected chi connectivity index (χ3v) is 10.4. The molecule has 0 heterocycles. The van der Waals surface area contributed by atoms with Crippen LogP contribution in [0.15, 0.2) is 40.5 Å². The SMILES string of the molecule is C=C(C)[C@@H](CCC(C)(C)[Si](C)(C)O)NC=C(C(=O)OCC)C(=O)c1cc(Br)cc(OCC)c1Cl. The summed E-state index contributed by atoms with van der Waals surface area (Å²) in [6.45, 7) is 17.9. The number of rotatable bonds is 13. The number of benzene rings is 1. The van der Waals surface area contributed by atoms with E-state index in [1.165, 1.54) is 6.20 Å². The molecule has 0 amide bonds. The van der Waals surface area contributed by atoms with Crippen molar-refractivity contribution >= 4 is 47.6 Å². The van der Waals surface area contributed by atoms with Crippen LogP contribution in [0.1, 0.15) is 57.8 Å². The van der Waals surface area contributed by atoms with E-state index in [1.54, 1.807) is 19.1 Å². The quantitative estimate of drug-likeness (QED) is 0.0538. The first kappa shape index (κ1) is 30.4. The van der Waals surface area contributed by atoms with E-state index in [2.05, 4.69) is 41.7 Å². The summed E-state index contributed by atoms with van der Waals surface area (Å²) in [6.07, 6.45) is 2.80. The molecule has 190 valence electrons. The predicted molar refractivity (Wildman–Crippen MR) is 144 cm³/mol. The molecule has 0 saturated carbocycles. The fraction of sp³-hybridized carbons (Fsp3) is 0.520. The first-order valence-corrected chi connectivity index (χ1v) is 15.5. The van der Waals surface area contributed by atoms with E-state index in [0.29, 0.717) is 23.2 Å². The molecule has 0 aliphatic heterocycles. The van der Waals surface area contributed by atoms with E-state index in [1.807, 2.05) is 26.9 Å². The minimum atomic E-state index is -2.38. The fourth-order valence-corrected chi connectivity index (χ4v) is 4.47. The first-order chi connectivity index (χ1) is 15.7. The van der Waals surface area contributed by atoms with Gasteiger partial charge in [0.1, 0.15) is 11.3 Å². The number of Topliss-reactive ketones (excluding diaryl/α,β-unsaturated/α-hetero) is 1. The van der Waals surface area contributed by atoms with Gasteiger partial charge in [-0.2, -0.15) is 0 Å². The highest BCUT2D eigenvalue weighted by molar-refractivity contribution is 9.10. The number of ether oxygens (including phenoxy) is 2. The van der Waals surface area contributed by atoms with E-state index in [9.17, 15) is 14.4 Å². The highest BCUT2D eigenvalue weighted by Gasteiger charge is 2.38. The average Bonchev–Trinajstić information content (AvgIpc) is 2.71. The number of esters is 1. The van der Waals surface area contributed by atoms with E-state index >= 15 is 0 Å². The number of ketones is 1. The molecule has 1 aromatic rings. The number of hydrogen-bond donors (Lipinski definition) is 2. The van der Waals surface area contributed by atoms with Gasteiger partial charge in [0.15, 0.2) is 8.32 Å². The molecule has 1 rings (SSSR count). The molecule has 1 aromatic carbocycles. The molecule has 1 atom stereocenters. The Bertz CT molecular complexity index is 940. The van der Waals surface area contributed by atoms with Crippen molar-refractivity contribution in [3.05, 3.63) is 51.1 Å². The van der Waals surface area contributed by atoms with Gasteiger partial charge in [0.2, 0.25) is 5.78 Å². The lowest BCUT2D eigenvalue weighted by molar-refractivity contribution is -0.138. The molecule has 0 bridgehead atoms. The molecule has 0 aromatic heterocycles. The van der Waals surface area contributed by atoms with Crippen LogP contribution in [0.5, 0.6) is 5.75 Å². The summed E-state index contributed by atoms with van der Waals surface area (Å²) in [5, 5.41) is 3.08. The standard InChI is InChI=1S/C25H37BrClNO5Si/c1-9-32-21-14-17(26)13-18(22(21)27)23(29)19(24(30)33-10-2)15-28-20(16(3)4)11-12-25(5,6)34(7,8)31/h13-15,20,28,31H,3,9-12H2,1-2,4-8H3/t20-/m1/s1. The second kappa shape index (κ2) is 12.9. The summed E-state index contributed by atoms with van der Waals surface area (Å²) in [6, 6.07) is 3.01. The van der Waals surface area contributed by atoms with Crippen molar-refractivity contribution in [3.8, 4) is 5.75 Å². The average molecular weight is 575 g/mol. The number of hydrogen-bond acceptors (Lipinski definition) is 6. The molecule has 34 heavy (non-hydrogen) atoms. The van der Waals surface area contributed by atoms with Crippen molar-refractivity contribution in [1.29, 1.82) is 0 Å². The molecule has 2 N–H and O–H groups in total. The van der Waals surface area contributed by atoms with Gasteiger partial charge in [0.05, 0.1) is 18.2 Å². The van der Waals surface area contributed by atoms with Gasteiger partial charge < -0.3 is 19.6 Å². The largest absolute Gasteiger partial charge is 0.492 e. The Labute approximate surface area is 218 Å². The molecule has 0 fully saturated rings. The second-order valence-corrected chi connectivity index (χ2v) is 15.1. The van der Waals surface area contributed by atoms with Crippen LogP contribution >= 0.6 is 27.5 Å². The first-order valence-electron chi connectivity index (χ1n) is 11.3. The van der Waals surface area contributed by atoms with Gasteiger partial charge in [-0.15, -0.1) is 0 Å². The van der Waals surface area contributed by atoms with Gasteiger partial charge in [-0.25, -0.2) is 4.79 Å². The smallest absolute Gasteiger partial charge is 0.343 e. The lowest BCUT2D eigenvalue weighted by atomic mass is 9.98. The third kappa shape index (κ3) is 8.25. The maximum Gasteiger partial charge on any atom is 0.343 e. The van der Waals surface area contributed by atoms with Crippen LogP contribution in [0.25, 0.3) is 0 Å². The summed E-state index contributed by atoms with van der Waals surface area (Å²) in [5.41, 5.74) is 0.799. The second-order valence-electron chi connectivity index (χ2n) is 9.35. The maximum atomic E-state index is 13.4. The van der Waals surface area contributed by atoms with Gasteiger partial charge >= 0.3 is 5.97 Å². The van der Waals surface area contributed by atoms with Crippen LogP contribution in [-0.2, 0) is 9.53 Å². The van der Waals surface area contributed by atoms with Crippen molar-refractivity contribution in [3.63, 3.8) is 0 Å². The molecule has 9 heteroatoms. The molecule has 0 radical (unpaired) electrons. The summed E-state index contributed by atoms with van der Waals surface area (Å²) in [5.74, 6) is -0.988. The topological polar surface area (TPSA) is 84.9 Å². The normalized spacial score (nSPS) is 13.3. The zero-order chi connectivity index (χ0) is 26.3. The van der Waals surface area contributed by atoms with Crippen LogP contribution in [-0.4, -0.2) is 44.1 Å². The Balaban J connectivity index is 3.32. The van der Waals surface area contributed by atoms with Crippen molar-refractivity contribution in [2.45, 2.75) is 71.6 Å². The molecule has 0 aliphatic rings. The lowest BCUT2D eigenvalue weighted by Crippen LogP contribution is -2.40. The van der Waals surface area contributed by atoms with E-state index < -0.39 is 20.1 Å². The van der Waals surface area contributed by atoms with E-state index in [-0.39, 0.29) is 33.8 Å². The molecular weight excluding hydrogens is 538 g/mol. The van der Waals surface area contributed by atoms with Gasteiger partial charge in [-0.1, -0.05) is 53.5 Å². The zero-order valence-corrected chi connectivity index (χ0v) is 24.5. The minimum Gasteiger partial charge on any atom is -0.492 e. The Morgan fingerprint density at radius 1 is 1.29 bits per heavy atom. The van der Waals surface area contributed by atoms with Crippen LogP contribution in [0.2, 0.25) is 23.2 Å². The molecule has 0 spiro atoms. The summed E-state index contributed by atoms with van der Waals surface area (Å²) in [4.78, 5) is 36.7. The van der Waals surface area contributed by atoms with Gasteiger partial charge in [-0.3, -0.25) is 4.79 Å². The molecule has 0 unspecified atom stereocenters. The maximum absolute atomic E-state index is 13.4. The highest BCUT2D eigenvalue weighted by atomic mass is 79.9. The molecule has 0 aliphatic carbocycles. The Morgan fingerprint density at radius 2 is 1.91 bits per heavy atom. The molecule has 6 nitrogen and oxygen atoms in total. The van der Waals surface area contributed by atoms with E-state index in [4.69, 9.17) is 21.1 Å². The third-order valence-electron chi connectivity index (χ3n) is 6.03. The van der Waals surface area contributed by atoms with Crippen LogP contribution in [0.3, 0.4) is 0 Å². The Hall–Kier alpha value is -1.61. The minimum absolute atomic E-state index is 0.119. The number of nitrogens with one attached hydrogen (secondary N) is 1. The monoisotopic (exact) mass is 573 g/mol. The lowest BCUT2D eigenvalue weighted by Gasteiger charge is -2.36. The van der Waals surface area contributed by atoms with E-state index in [0.717, 1.165) is 12.0 Å². The van der Waals surface area contributed by atoms with Gasteiger partial charge in [-0.05, 0) is 63.9 Å². The Kier molecular flexibility index (Phi) is 11.5. The molecular formula is C25H37BrClNO5Si. The van der Waals surface area contributed by atoms with Crippen LogP contribution in [0, 0.1) is 0 Å². The zero-order valence-electron chi connectivity index (χ0n) is 21.2. The highest BCUT2D eigenvalue weighted by Crippen LogP contribution is 2.40. The summed E-state index contributed by atoms with van der Waals surface area (Å²) in [7, 11) is -2.38. The molecule has 0 saturated heterocycles. The predicted octanol–water partition coefficient (Wildman–Crippen LogP) is 6.42.